The van der Waals surface area contributed by atoms with Crippen LogP contribution < -0.4 is 0 Å². The molecule has 0 amide bonds. The molecule has 0 aromatic heterocycles. The van der Waals surface area contributed by atoms with Crippen molar-refractivity contribution in [3.8, 4) is 0 Å². The van der Waals surface area contributed by atoms with E-state index in [0.29, 0.717) is 4.28 Å². The van der Waals surface area contributed by atoms with E-state index < -0.39 is 0 Å². The molecular weight excluding hydrogens is 349 g/mol. The van der Waals surface area contributed by atoms with E-state index in [1.807, 2.05) is 0 Å². The van der Waals surface area contributed by atoms with Crippen LogP contribution in [0.3, 0.4) is 0 Å². The zero-order valence-electron chi connectivity index (χ0n) is 12.6. The molecule has 104 valence electrons. The Bertz CT molecular complexity index is 424. The first kappa shape index (κ1) is 16.4. The lowest BCUT2D eigenvalue weighted by Gasteiger charge is -2.52. The molecule has 0 aliphatic carbocycles. The molecule has 0 spiro atoms. The standard InChI is InChI=1S/C15H20Si6/c1-2-3-4-5-9-12-14-16-19-15(20-17-14,21-18-14)13-10-7-6-8-11-13/h6-8,10-11H,2-5,9,12H2,1H3. The normalized spacial score (nSPS) is 31.5. The fraction of sp³-hybridized carbons (Fsp3) is 0.600. The van der Waals surface area contributed by atoms with Crippen LogP contribution in [0.5, 0.6) is 0 Å². The van der Waals surface area contributed by atoms with Gasteiger partial charge < -0.3 is 0 Å². The summed E-state index contributed by atoms with van der Waals surface area (Å²) in [5, 5.41) is 0. The van der Waals surface area contributed by atoms with Crippen LogP contribution in [0.1, 0.15) is 51.0 Å². The molecule has 0 nitrogen and oxygen atoms in total. The fourth-order valence-corrected chi connectivity index (χ4v) is 33.7. The Hall–Kier alpha value is 0.521. The Labute approximate surface area is 144 Å². The molecule has 2 bridgehead atoms. The molecule has 1 aromatic carbocycles. The summed E-state index contributed by atoms with van der Waals surface area (Å²) >= 11 is 0. The van der Waals surface area contributed by atoms with Gasteiger partial charge in [-0.05, 0) is 4.28 Å². The summed E-state index contributed by atoms with van der Waals surface area (Å²) in [6, 6.07) is 11.5. The first-order chi connectivity index (χ1) is 10.3. The lowest BCUT2D eigenvalue weighted by Crippen LogP contribution is -2.68. The van der Waals surface area contributed by atoms with Crippen molar-refractivity contribution < 1.29 is 0 Å². The van der Waals surface area contributed by atoms with E-state index in [4.69, 9.17) is 0 Å². The Balaban J connectivity index is 1.54. The summed E-state index contributed by atoms with van der Waals surface area (Å²) in [6.07, 6.45) is 8.88. The van der Waals surface area contributed by atoms with Gasteiger partial charge in [0.15, 0.2) is 0 Å². The SMILES string of the molecule is CCCCCCCC12[Si][Si]C(c3ccccc3)([Si][Si]1)[Si][Si]2. The summed E-state index contributed by atoms with van der Waals surface area (Å²) < 4.78 is 1.53. The van der Waals surface area contributed by atoms with Crippen molar-refractivity contribution in [2.24, 2.45) is 0 Å². The summed E-state index contributed by atoms with van der Waals surface area (Å²) in [4.78, 5) is 0. The molecule has 3 fully saturated rings. The Morgan fingerprint density at radius 1 is 0.762 bits per heavy atom. The van der Waals surface area contributed by atoms with Gasteiger partial charge in [0.25, 0.3) is 0 Å². The van der Waals surface area contributed by atoms with Gasteiger partial charge >= 0.3 is 0 Å². The second-order valence-electron chi connectivity index (χ2n) is 5.94. The molecule has 12 radical (unpaired) electrons. The molecule has 4 rings (SSSR count). The van der Waals surface area contributed by atoms with Crippen LogP contribution in [0.25, 0.3) is 0 Å². The second-order valence-corrected chi connectivity index (χ2v) is 19.7. The fourth-order valence-electron chi connectivity index (χ4n) is 2.87. The topological polar surface area (TPSA) is 0 Å². The summed E-state index contributed by atoms with van der Waals surface area (Å²) in [5.74, 6) is 0. The van der Waals surface area contributed by atoms with E-state index in [9.17, 15) is 0 Å². The third-order valence-electron chi connectivity index (χ3n) is 4.25. The number of benzene rings is 1. The lowest BCUT2D eigenvalue weighted by molar-refractivity contribution is 0.608. The summed E-state index contributed by atoms with van der Waals surface area (Å²) in [5.41, 5.74) is 1.68. The Morgan fingerprint density at radius 3 is 2.00 bits per heavy atom. The monoisotopic (exact) mass is 368 g/mol. The van der Waals surface area contributed by atoms with Gasteiger partial charge in [0.05, 0.1) is 0 Å². The number of unbranched alkanes of at least 4 members (excludes halogenated alkanes) is 4. The molecule has 3 saturated heterocycles. The minimum Gasteiger partial charge on any atom is -0.0654 e. The Morgan fingerprint density at radius 2 is 1.38 bits per heavy atom. The van der Waals surface area contributed by atoms with Crippen LogP contribution in [-0.2, 0) is 4.28 Å². The molecule has 0 saturated carbocycles. The van der Waals surface area contributed by atoms with Gasteiger partial charge in [0.1, 0.15) is 0 Å². The van der Waals surface area contributed by atoms with Crippen molar-refractivity contribution in [2.75, 3.05) is 0 Å². The van der Waals surface area contributed by atoms with Crippen LogP contribution in [0.2, 0.25) is 4.28 Å². The summed E-state index contributed by atoms with van der Waals surface area (Å²) in [7, 11) is 7.58. The molecule has 3 aliphatic rings. The number of hydrogen-bond acceptors (Lipinski definition) is 0. The Kier molecular flexibility index (Phi) is 5.77. The number of rotatable bonds is 7. The molecule has 3 heterocycles. The van der Waals surface area contributed by atoms with Gasteiger partial charge in [-0.2, -0.15) is 0 Å². The first-order valence-corrected chi connectivity index (χ1v) is 17.0. The maximum atomic E-state index is 2.41. The molecule has 21 heavy (non-hydrogen) atoms. The predicted octanol–water partition coefficient (Wildman–Crippen LogP) is 2.23. The van der Waals surface area contributed by atoms with E-state index in [1.54, 1.807) is 12.0 Å². The highest BCUT2D eigenvalue weighted by molar-refractivity contribution is 7.42. The number of hydrogen-bond donors (Lipinski definition) is 0. The highest BCUT2D eigenvalue weighted by Gasteiger charge is 2.50. The van der Waals surface area contributed by atoms with Gasteiger partial charge in [-0.1, -0.05) is 85.6 Å². The zero-order chi connectivity index (χ0) is 14.6. The first-order valence-electron chi connectivity index (χ1n) is 7.97. The van der Waals surface area contributed by atoms with Gasteiger partial charge in [0.2, 0.25) is 0 Å². The predicted molar refractivity (Wildman–Crippen MR) is 98.7 cm³/mol. The van der Waals surface area contributed by atoms with Crippen LogP contribution >= 0.6 is 0 Å². The quantitative estimate of drug-likeness (QED) is 0.511. The van der Waals surface area contributed by atoms with Gasteiger partial charge in [-0.3, -0.25) is 0 Å². The van der Waals surface area contributed by atoms with Gasteiger partial charge in [-0.25, -0.2) is 0 Å². The molecule has 3 aliphatic heterocycles. The summed E-state index contributed by atoms with van der Waals surface area (Å²) in [6.45, 7) is 2.32. The van der Waals surface area contributed by atoms with Crippen molar-refractivity contribution in [1.29, 1.82) is 0 Å². The third kappa shape index (κ3) is 3.72. The molecule has 0 unspecified atom stereocenters. The molecular formula is C15H20Si6. The second kappa shape index (κ2) is 7.39. The zero-order valence-corrected chi connectivity index (χ0v) is 18.6. The maximum Gasteiger partial charge on any atom is 0.0271 e. The van der Waals surface area contributed by atoms with Crippen LogP contribution in [-0.4, -0.2) is 54.2 Å². The van der Waals surface area contributed by atoms with Crippen LogP contribution in [0.15, 0.2) is 30.3 Å². The minimum atomic E-state index is 0.667. The van der Waals surface area contributed by atoms with E-state index in [-0.39, 0.29) is 0 Å². The van der Waals surface area contributed by atoms with Crippen molar-refractivity contribution in [1.82, 2.24) is 0 Å². The number of fused-ring (bicyclic) bond motifs is 3. The van der Waals surface area contributed by atoms with Crippen molar-refractivity contribution in [3.05, 3.63) is 35.9 Å². The smallest absolute Gasteiger partial charge is 0.0271 e. The highest BCUT2D eigenvalue weighted by Crippen LogP contribution is 2.41. The van der Waals surface area contributed by atoms with E-state index in [1.165, 1.54) is 86.3 Å². The van der Waals surface area contributed by atoms with E-state index >= 15 is 0 Å². The third-order valence-corrected chi connectivity index (χ3v) is 30.5. The minimum absolute atomic E-state index is 0.667. The van der Waals surface area contributed by atoms with Crippen LogP contribution in [0, 0.1) is 0 Å². The van der Waals surface area contributed by atoms with Crippen molar-refractivity contribution in [2.45, 2.75) is 54.0 Å². The largest absolute Gasteiger partial charge is 0.0654 e. The van der Waals surface area contributed by atoms with Crippen LogP contribution in [0.4, 0.5) is 0 Å². The molecule has 6 heteroatoms. The van der Waals surface area contributed by atoms with E-state index in [2.05, 4.69) is 37.3 Å². The van der Waals surface area contributed by atoms with Gasteiger partial charge in [-0.15, -0.1) is 0 Å². The average Bonchev–Trinajstić information content (AvgIpc) is 2.57. The molecule has 1 aromatic rings. The van der Waals surface area contributed by atoms with E-state index in [0.717, 1.165) is 4.28 Å². The van der Waals surface area contributed by atoms with Crippen molar-refractivity contribution in [3.63, 3.8) is 0 Å². The lowest BCUT2D eigenvalue weighted by atomic mass is 10.1. The maximum absolute atomic E-state index is 2.41. The molecule has 0 N–H and O–H groups in total. The molecule has 0 atom stereocenters. The highest BCUT2D eigenvalue weighted by atomic mass is 29.3. The van der Waals surface area contributed by atoms with Gasteiger partial charge in [0, 0.05) is 54.2 Å². The van der Waals surface area contributed by atoms with Crippen molar-refractivity contribution >= 4 is 54.2 Å². The average molecular weight is 369 g/mol.